The van der Waals surface area contributed by atoms with E-state index < -0.39 is 0 Å². The van der Waals surface area contributed by atoms with Crippen LogP contribution in [-0.4, -0.2) is 30.6 Å². The molecule has 0 amide bonds. The lowest BCUT2D eigenvalue weighted by Gasteiger charge is -2.20. The van der Waals surface area contributed by atoms with E-state index in [2.05, 4.69) is 39.6 Å². The van der Waals surface area contributed by atoms with Crippen molar-refractivity contribution in [2.45, 2.75) is 26.1 Å². The van der Waals surface area contributed by atoms with E-state index in [0.717, 1.165) is 19.0 Å². The van der Waals surface area contributed by atoms with Crippen LogP contribution in [0.3, 0.4) is 0 Å². The van der Waals surface area contributed by atoms with Gasteiger partial charge in [0.1, 0.15) is 0 Å². The van der Waals surface area contributed by atoms with Crippen LogP contribution in [0.1, 0.15) is 18.1 Å². The highest BCUT2D eigenvalue weighted by molar-refractivity contribution is 5.80. The largest absolute Gasteiger partial charge is 0.382 e. The second-order valence-electron chi connectivity index (χ2n) is 4.53. The summed E-state index contributed by atoms with van der Waals surface area (Å²) in [6, 6.07) is 8.49. The molecule has 1 unspecified atom stereocenters. The van der Waals surface area contributed by atoms with Crippen molar-refractivity contribution >= 4 is 5.96 Å². The number of benzene rings is 1. The highest BCUT2D eigenvalue weighted by Gasteiger charge is 2.21. The number of guanidine groups is 1. The SMILES string of the molecule is COCC(C)N=C(NN)N1Cc2ccccc2C1. The number of nitrogens with zero attached hydrogens (tertiary/aromatic N) is 2. The average Bonchev–Trinajstić information content (AvgIpc) is 2.79. The average molecular weight is 248 g/mol. The minimum absolute atomic E-state index is 0.0877. The Morgan fingerprint density at radius 1 is 1.44 bits per heavy atom. The lowest BCUT2D eigenvalue weighted by atomic mass is 10.1. The predicted molar refractivity (Wildman–Crippen MR) is 71.8 cm³/mol. The van der Waals surface area contributed by atoms with Gasteiger partial charge in [-0.2, -0.15) is 0 Å². The maximum Gasteiger partial charge on any atom is 0.209 e. The molecule has 1 aliphatic heterocycles. The van der Waals surface area contributed by atoms with Crippen LogP contribution in [0.5, 0.6) is 0 Å². The number of hydrazine groups is 1. The van der Waals surface area contributed by atoms with Gasteiger partial charge in [0.15, 0.2) is 0 Å². The summed E-state index contributed by atoms with van der Waals surface area (Å²) in [5, 5.41) is 0. The van der Waals surface area contributed by atoms with Gasteiger partial charge in [-0.05, 0) is 18.1 Å². The van der Waals surface area contributed by atoms with Crippen molar-refractivity contribution in [2.24, 2.45) is 10.8 Å². The summed E-state index contributed by atoms with van der Waals surface area (Å²) in [7, 11) is 1.67. The fourth-order valence-corrected chi connectivity index (χ4v) is 2.18. The van der Waals surface area contributed by atoms with E-state index in [-0.39, 0.29) is 6.04 Å². The molecule has 3 N–H and O–H groups in total. The van der Waals surface area contributed by atoms with Crippen LogP contribution in [0.25, 0.3) is 0 Å². The molecule has 0 fully saturated rings. The Morgan fingerprint density at radius 2 is 2.06 bits per heavy atom. The number of nitrogens with one attached hydrogen (secondary N) is 1. The van der Waals surface area contributed by atoms with E-state index in [9.17, 15) is 0 Å². The molecule has 98 valence electrons. The van der Waals surface area contributed by atoms with Gasteiger partial charge < -0.3 is 9.64 Å². The van der Waals surface area contributed by atoms with Gasteiger partial charge >= 0.3 is 0 Å². The molecule has 5 heteroatoms. The Hall–Kier alpha value is -1.59. The Kier molecular flexibility index (Phi) is 4.17. The topological polar surface area (TPSA) is 62.9 Å². The molecule has 0 aliphatic carbocycles. The zero-order valence-corrected chi connectivity index (χ0v) is 10.9. The van der Waals surface area contributed by atoms with Gasteiger partial charge in [-0.1, -0.05) is 24.3 Å². The molecule has 5 nitrogen and oxygen atoms in total. The van der Waals surface area contributed by atoms with Gasteiger partial charge in [0.05, 0.1) is 12.6 Å². The van der Waals surface area contributed by atoms with Crippen LogP contribution in [0.2, 0.25) is 0 Å². The molecular formula is C13H20N4O. The Bertz CT molecular complexity index is 408. The number of hydrogen-bond donors (Lipinski definition) is 2. The highest BCUT2D eigenvalue weighted by Crippen LogP contribution is 2.22. The van der Waals surface area contributed by atoms with Crippen LogP contribution in [0.15, 0.2) is 29.3 Å². The second-order valence-corrected chi connectivity index (χ2v) is 4.53. The van der Waals surface area contributed by atoms with Crippen molar-refractivity contribution in [3.63, 3.8) is 0 Å². The number of ether oxygens (including phenoxy) is 1. The molecule has 0 radical (unpaired) electrons. The van der Waals surface area contributed by atoms with Crippen molar-refractivity contribution in [2.75, 3.05) is 13.7 Å². The van der Waals surface area contributed by atoms with E-state index >= 15 is 0 Å². The first kappa shape index (κ1) is 12.9. The number of rotatable bonds is 3. The molecule has 1 atom stereocenters. The molecule has 0 saturated carbocycles. The van der Waals surface area contributed by atoms with Crippen LogP contribution < -0.4 is 11.3 Å². The third kappa shape index (κ3) is 2.80. The Balaban J connectivity index is 2.08. The van der Waals surface area contributed by atoms with E-state index in [1.807, 2.05) is 6.92 Å². The maximum atomic E-state index is 5.57. The standard InChI is InChI=1S/C13H20N4O/c1-10(9-18-2)15-13(16-14)17-7-11-5-3-4-6-12(11)8-17/h3-6,10H,7-9,14H2,1-2H3,(H,15,16). The summed E-state index contributed by atoms with van der Waals surface area (Å²) in [6.07, 6.45) is 0. The molecule has 1 aromatic rings. The molecule has 18 heavy (non-hydrogen) atoms. The molecule has 0 bridgehead atoms. The van der Waals surface area contributed by atoms with Gasteiger partial charge in [0.25, 0.3) is 0 Å². The Labute approximate surface area is 108 Å². The molecule has 1 aliphatic rings. The third-order valence-corrected chi connectivity index (χ3v) is 3.02. The fourth-order valence-electron chi connectivity index (χ4n) is 2.18. The van der Waals surface area contributed by atoms with Gasteiger partial charge in [-0.15, -0.1) is 0 Å². The first-order chi connectivity index (χ1) is 8.74. The lowest BCUT2D eigenvalue weighted by Crippen LogP contribution is -2.43. The van der Waals surface area contributed by atoms with Crippen LogP contribution >= 0.6 is 0 Å². The number of methoxy groups -OCH3 is 1. The van der Waals surface area contributed by atoms with Crippen molar-refractivity contribution in [3.8, 4) is 0 Å². The third-order valence-electron chi connectivity index (χ3n) is 3.02. The fraction of sp³-hybridized carbons (Fsp3) is 0.462. The van der Waals surface area contributed by atoms with Gasteiger partial charge in [0, 0.05) is 20.2 Å². The molecule has 1 heterocycles. The molecule has 0 saturated heterocycles. The zero-order chi connectivity index (χ0) is 13.0. The lowest BCUT2D eigenvalue weighted by molar-refractivity contribution is 0.185. The van der Waals surface area contributed by atoms with Crippen molar-refractivity contribution < 1.29 is 4.74 Å². The van der Waals surface area contributed by atoms with Gasteiger partial charge in [-0.3, -0.25) is 5.43 Å². The van der Waals surface area contributed by atoms with E-state index in [1.54, 1.807) is 7.11 Å². The maximum absolute atomic E-state index is 5.57. The first-order valence-electron chi connectivity index (χ1n) is 6.09. The summed E-state index contributed by atoms with van der Waals surface area (Å²) < 4.78 is 5.08. The predicted octanol–water partition coefficient (Wildman–Crippen LogP) is 0.856. The van der Waals surface area contributed by atoms with Crippen molar-refractivity contribution in [1.82, 2.24) is 10.3 Å². The summed E-state index contributed by atoms with van der Waals surface area (Å²) in [5.74, 6) is 6.29. The quantitative estimate of drug-likeness (QED) is 0.360. The van der Waals surface area contributed by atoms with Crippen LogP contribution in [-0.2, 0) is 17.8 Å². The van der Waals surface area contributed by atoms with Crippen LogP contribution in [0, 0.1) is 0 Å². The number of hydrogen-bond acceptors (Lipinski definition) is 3. The summed E-state index contributed by atoms with van der Waals surface area (Å²) >= 11 is 0. The molecule has 1 aromatic carbocycles. The van der Waals surface area contributed by atoms with E-state index in [1.165, 1.54) is 11.1 Å². The highest BCUT2D eigenvalue weighted by atomic mass is 16.5. The number of nitrogens with two attached hydrogens (primary N) is 1. The normalized spacial score (nSPS) is 16.6. The molecule has 2 rings (SSSR count). The Morgan fingerprint density at radius 3 is 2.56 bits per heavy atom. The summed E-state index contributed by atoms with van der Waals surface area (Å²) in [5.41, 5.74) is 5.35. The molecular weight excluding hydrogens is 228 g/mol. The molecule has 0 aromatic heterocycles. The second kappa shape index (κ2) is 5.84. The van der Waals surface area contributed by atoms with E-state index in [4.69, 9.17) is 10.6 Å². The minimum Gasteiger partial charge on any atom is -0.382 e. The summed E-state index contributed by atoms with van der Waals surface area (Å²) in [4.78, 5) is 6.67. The van der Waals surface area contributed by atoms with Crippen LogP contribution in [0.4, 0.5) is 0 Å². The minimum atomic E-state index is 0.0877. The smallest absolute Gasteiger partial charge is 0.209 e. The van der Waals surface area contributed by atoms with Crippen molar-refractivity contribution in [1.29, 1.82) is 0 Å². The van der Waals surface area contributed by atoms with E-state index in [0.29, 0.717) is 6.61 Å². The summed E-state index contributed by atoms with van der Waals surface area (Å²) in [6.45, 7) is 4.29. The zero-order valence-electron chi connectivity index (χ0n) is 10.9. The number of fused-ring (bicyclic) bond motifs is 1. The number of aliphatic imine (C=N–C) groups is 1. The monoisotopic (exact) mass is 248 g/mol. The first-order valence-corrected chi connectivity index (χ1v) is 6.09. The van der Waals surface area contributed by atoms with Crippen molar-refractivity contribution in [3.05, 3.63) is 35.4 Å². The van der Waals surface area contributed by atoms with Gasteiger partial charge in [0.2, 0.25) is 5.96 Å². The molecule has 0 spiro atoms. The van der Waals surface area contributed by atoms with Gasteiger partial charge in [-0.25, -0.2) is 10.8 Å².